The van der Waals surface area contributed by atoms with E-state index in [1.165, 1.54) is 0 Å². The van der Waals surface area contributed by atoms with Crippen molar-refractivity contribution in [3.05, 3.63) is 12.7 Å². The van der Waals surface area contributed by atoms with Crippen LogP contribution in [0.15, 0.2) is 12.7 Å². The van der Waals surface area contributed by atoms with Crippen LogP contribution in [0.3, 0.4) is 0 Å². The maximum absolute atomic E-state index is 11.6. The lowest BCUT2D eigenvalue weighted by Crippen LogP contribution is -2.28. The lowest BCUT2D eigenvalue weighted by molar-refractivity contribution is -0.145. The van der Waals surface area contributed by atoms with Crippen LogP contribution in [0.5, 0.6) is 0 Å². The molecule has 0 heterocycles. The Morgan fingerprint density at radius 2 is 2.00 bits per heavy atom. The number of hydrogen-bond acceptors (Lipinski definition) is 2. The molecule has 0 saturated heterocycles. The third kappa shape index (κ3) is 3.80. The molecule has 1 fully saturated rings. The Kier molecular flexibility index (Phi) is 5.23. The molecule has 16 heavy (non-hydrogen) atoms. The number of ketones is 1. The first-order valence-electron chi connectivity index (χ1n) is 6.00. The molecule has 1 aliphatic rings. The molecule has 0 bridgehead atoms. The number of carboxylic acids is 1. The maximum Gasteiger partial charge on any atom is 0.306 e. The fraction of sp³-hybridized carbons (Fsp3) is 0.692. The minimum atomic E-state index is -0.735. The van der Waals surface area contributed by atoms with Crippen LogP contribution < -0.4 is 0 Å². The number of Topliss-reactive ketones (excluding diaryl/α,β-unsaturated/α-hetero) is 1. The third-order valence-electron chi connectivity index (χ3n) is 3.34. The summed E-state index contributed by atoms with van der Waals surface area (Å²) in [7, 11) is 0. The first kappa shape index (κ1) is 12.9. The average Bonchev–Trinajstić information content (AvgIpc) is 2.27. The van der Waals surface area contributed by atoms with E-state index in [0.717, 1.165) is 25.7 Å². The van der Waals surface area contributed by atoms with Gasteiger partial charge in [0.05, 0.1) is 5.92 Å². The second kappa shape index (κ2) is 6.46. The van der Waals surface area contributed by atoms with Gasteiger partial charge >= 0.3 is 5.97 Å². The van der Waals surface area contributed by atoms with Gasteiger partial charge in [0.2, 0.25) is 0 Å². The van der Waals surface area contributed by atoms with E-state index in [2.05, 4.69) is 6.58 Å². The van der Waals surface area contributed by atoms with E-state index in [1.54, 1.807) is 6.08 Å². The van der Waals surface area contributed by atoms with Crippen LogP contribution in [0.25, 0.3) is 0 Å². The Bertz CT molecular complexity index is 270. The second-order valence-corrected chi connectivity index (χ2v) is 4.56. The molecular weight excluding hydrogens is 204 g/mol. The van der Waals surface area contributed by atoms with Crippen LogP contribution in [0.2, 0.25) is 0 Å². The summed E-state index contributed by atoms with van der Waals surface area (Å²) in [5.41, 5.74) is 0. The van der Waals surface area contributed by atoms with E-state index in [1.807, 2.05) is 0 Å². The normalized spacial score (nSPS) is 25.0. The molecule has 3 nitrogen and oxygen atoms in total. The molecule has 0 aromatic heterocycles. The van der Waals surface area contributed by atoms with Gasteiger partial charge in [0.15, 0.2) is 0 Å². The topological polar surface area (TPSA) is 54.4 Å². The molecule has 1 aliphatic carbocycles. The van der Waals surface area contributed by atoms with Gasteiger partial charge < -0.3 is 5.11 Å². The molecule has 2 atom stereocenters. The van der Waals surface area contributed by atoms with Crippen molar-refractivity contribution in [2.24, 2.45) is 11.8 Å². The molecule has 0 aliphatic heterocycles. The molecule has 0 amide bonds. The standard InChI is InChI=1S/C13H20O3/c1-2-3-7-11(14)9-10-6-4-5-8-12(10)13(15)16/h2,10,12H,1,3-9H2,(H,15,16)/t10-,12-/m1/s1. The molecule has 0 unspecified atom stereocenters. The Hall–Kier alpha value is -1.12. The smallest absolute Gasteiger partial charge is 0.306 e. The molecule has 0 aromatic rings. The van der Waals surface area contributed by atoms with Gasteiger partial charge in [-0.3, -0.25) is 9.59 Å². The van der Waals surface area contributed by atoms with Crippen LogP contribution in [0.4, 0.5) is 0 Å². The first-order valence-corrected chi connectivity index (χ1v) is 6.00. The third-order valence-corrected chi connectivity index (χ3v) is 3.34. The van der Waals surface area contributed by atoms with Gasteiger partial charge in [0.1, 0.15) is 5.78 Å². The largest absolute Gasteiger partial charge is 0.481 e. The predicted octanol–water partition coefficient (Wildman–Crippen LogP) is 2.80. The summed E-state index contributed by atoms with van der Waals surface area (Å²) < 4.78 is 0. The molecule has 1 saturated carbocycles. The van der Waals surface area contributed by atoms with E-state index >= 15 is 0 Å². The Morgan fingerprint density at radius 3 is 2.62 bits per heavy atom. The molecule has 90 valence electrons. The van der Waals surface area contributed by atoms with E-state index in [-0.39, 0.29) is 17.6 Å². The predicted molar refractivity (Wildman–Crippen MR) is 62.1 cm³/mol. The summed E-state index contributed by atoms with van der Waals surface area (Å²) in [6, 6.07) is 0. The highest BCUT2D eigenvalue weighted by Gasteiger charge is 2.31. The van der Waals surface area contributed by atoms with Crippen LogP contribution >= 0.6 is 0 Å². The van der Waals surface area contributed by atoms with E-state index in [0.29, 0.717) is 19.3 Å². The molecule has 1 N–H and O–H groups in total. The SMILES string of the molecule is C=CCCC(=O)C[C@H]1CCCC[C@H]1C(=O)O. The van der Waals surface area contributed by atoms with Crippen molar-refractivity contribution in [3.8, 4) is 0 Å². The van der Waals surface area contributed by atoms with Gasteiger partial charge in [0, 0.05) is 12.8 Å². The van der Waals surface area contributed by atoms with Gasteiger partial charge in [-0.1, -0.05) is 18.9 Å². The second-order valence-electron chi connectivity index (χ2n) is 4.56. The van der Waals surface area contributed by atoms with Gasteiger partial charge in [-0.05, 0) is 25.2 Å². The number of carboxylic acid groups (broad SMARTS) is 1. The number of carbonyl (C=O) groups is 2. The fourth-order valence-corrected chi connectivity index (χ4v) is 2.43. The van der Waals surface area contributed by atoms with Crippen molar-refractivity contribution in [1.82, 2.24) is 0 Å². The molecule has 0 aromatic carbocycles. The molecule has 3 heteroatoms. The fourth-order valence-electron chi connectivity index (χ4n) is 2.43. The van der Waals surface area contributed by atoms with Gasteiger partial charge in [-0.25, -0.2) is 0 Å². The summed E-state index contributed by atoms with van der Waals surface area (Å²) in [5.74, 6) is -0.802. The molecule has 1 rings (SSSR count). The van der Waals surface area contributed by atoms with Crippen molar-refractivity contribution in [2.45, 2.75) is 44.9 Å². The highest BCUT2D eigenvalue weighted by molar-refractivity contribution is 5.80. The zero-order valence-electron chi connectivity index (χ0n) is 9.65. The van der Waals surface area contributed by atoms with Crippen LogP contribution in [-0.2, 0) is 9.59 Å². The van der Waals surface area contributed by atoms with Gasteiger partial charge in [-0.15, -0.1) is 6.58 Å². The monoisotopic (exact) mass is 224 g/mol. The highest BCUT2D eigenvalue weighted by atomic mass is 16.4. The zero-order chi connectivity index (χ0) is 12.0. The zero-order valence-corrected chi connectivity index (χ0v) is 9.65. The first-order chi connectivity index (χ1) is 7.65. The number of carbonyl (C=O) groups excluding carboxylic acids is 1. The van der Waals surface area contributed by atoms with Crippen molar-refractivity contribution < 1.29 is 14.7 Å². The minimum absolute atomic E-state index is 0.0589. The summed E-state index contributed by atoms with van der Waals surface area (Å²) >= 11 is 0. The quantitative estimate of drug-likeness (QED) is 0.706. The molecule has 0 radical (unpaired) electrons. The average molecular weight is 224 g/mol. The molecular formula is C13H20O3. The Labute approximate surface area is 96.5 Å². The highest BCUT2D eigenvalue weighted by Crippen LogP contribution is 2.33. The Balaban J connectivity index is 2.46. The summed E-state index contributed by atoms with van der Waals surface area (Å²) in [4.78, 5) is 22.6. The summed E-state index contributed by atoms with van der Waals surface area (Å²) in [5, 5.41) is 9.07. The van der Waals surface area contributed by atoms with Crippen LogP contribution in [0, 0.1) is 11.8 Å². The van der Waals surface area contributed by atoms with Crippen molar-refractivity contribution in [3.63, 3.8) is 0 Å². The summed E-state index contributed by atoms with van der Waals surface area (Å²) in [6.07, 6.45) is 7.02. The van der Waals surface area contributed by atoms with Gasteiger partial charge in [-0.2, -0.15) is 0 Å². The lowest BCUT2D eigenvalue weighted by atomic mass is 9.76. The van der Waals surface area contributed by atoms with Crippen LogP contribution in [0.1, 0.15) is 44.9 Å². The summed E-state index contributed by atoms with van der Waals surface area (Å²) in [6.45, 7) is 3.58. The maximum atomic E-state index is 11.6. The van der Waals surface area contributed by atoms with E-state index < -0.39 is 5.97 Å². The Morgan fingerprint density at radius 1 is 1.31 bits per heavy atom. The number of aliphatic carboxylic acids is 1. The number of allylic oxidation sites excluding steroid dienone is 1. The van der Waals surface area contributed by atoms with E-state index in [4.69, 9.17) is 5.11 Å². The van der Waals surface area contributed by atoms with E-state index in [9.17, 15) is 9.59 Å². The van der Waals surface area contributed by atoms with Crippen molar-refractivity contribution >= 4 is 11.8 Å². The minimum Gasteiger partial charge on any atom is -0.481 e. The van der Waals surface area contributed by atoms with Crippen LogP contribution in [-0.4, -0.2) is 16.9 Å². The lowest BCUT2D eigenvalue weighted by Gasteiger charge is -2.27. The van der Waals surface area contributed by atoms with Gasteiger partial charge in [0.25, 0.3) is 0 Å². The number of hydrogen-bond donors (Lipinski definition) is 1. The van der Waals surface area contributed by atoms with Crippen molar-refractivity contribution in [2.75, 3.05) is 0 Å². The molecule has 0 spiro atoms. The van der Waals surface area contributed by atoms with Crippen molar-refractivity contribution in [1.29, 1.82) is 0 Å². The number of rotatable bonds is 6.